The first-order valence-electron chi connectivity index (χ1n) is 6.70. The molecule has 1 rings (SSSR count). The third-order valence-electron chi connectivity index (χ3n) is 3.87. The van der Waals surface area contributed by atoms with Crippen LogP contribution in [0.5, 0.6) is 0 Å². The molecular formula is C13H29N3. The molecule has 16 heavy (non-hydrogen) atoms. The Kier molecular flexibility index (Phi) is 5.22. The molecule has 96 valence electrons. The highest BCUT2D eigenvalue weighted by Gasteiger charge is 2.27. The zero-order valence-electron chi connectivity index (χ0n) is 11.5. The Balaban J connectivity index is 2.61. The van der Waals surface area contributed by atoms with Crippen LogP contribution in [0.2, 0.25) is 0 Å². The molecule has 3 nitrogen and oxygen atoms in total. The third-order valence-corrected chi connectivity index (χ3v) is 3.87. The minimum atomic E-state index is -0.0314. The van der Waals surface area contributed by atoms with E-state index in [9.17, 15) is 0 Å². The van der Waals surface area contributed by atoms with Crippen molar-refractivity contribution < 1.29 is 0 Å². The summed E-state index contributed by atoms with van der Waals surface area (Å²) in [7, 11) is 2.23. The van der Waals surface area contributed by atoms with Crippen LogP contribution in [0.25, 0.3) is 0 Å². The molecule has 0 radical (unpaired) electrons. The summed E-state index contributed by atoms with van der Waals surface area (Å²) in [4.78, 5) is 5.06. The second-order valence-corrected chi connectivity index (χ2v) is 5.66. The van der Waals surface area contributed by atoms with Crippen LogP contribution in [0, 0.1) is 0 Å². The Morgan fingerprint density at radius 2 is 2.00 bits per heavy atom. The van der Waals surface area contributed by atoms with E-state index in [1.54, 1.807) is 0 Å². The van der Waals surface area contributed by atoms with Crippen molar-refractivity contribution >= 4 is 0 Å². The summed E-state index contributed by atoms with van der Waals surface area (Å²) in [6, 6.07) is 0.682. The van der Waals surface area contributed by atoms with Crippen molar-refractivity contribution in [2.45, 2.75) is 51.6 Å². The maximum atomic E-state index is 6.29. The van der Waals surface area contributed by atoms with Crippen LogP contribution in [-0.2, 0) is 0 Å². The molecule has 2 N–H and O–H groups in total. The molecule has 1 fully saturated rings. The van der Waals surface area contributed by atoms with Crippen molar-refractivity contribution in [3.05, 3.63) is 0 Å². The lowest BCUT2D eigenvalue weighted by molar-refractivity contribution is 0.148. The fourth-order valence-electron chi connectivity index (χ4n) is 2.46. The first-order chi connectivity index (χ1) is 7.48. The minimum absolute atomic E-state index is 0.0314. The van der Waals surface area contributed by atoms with Gasteiger partial charge < -0.3 is 10.6 Å². The molecule has 0 aromatic rings. The van der Waals surface area contributed by atoms with Gasteiger partial charge in [0.25, 0.3) is 0 Å². The lowest BCUT2D eigenvalue weighted by atomic mass is 9.98. The van der Waals surface area contributed by atoms with E-state index in [0.717, 1.165) is 13.0 Å². The number of rotatable bonds is 4. The molecule has 0 saturated carbocycles. The number of hydrogen-bond acceptors (Lipinski definition) is 3. The Bertz CT molecular complexity index is 203. The van der Waals surface area contributed by atoms with Gasteiger partial charge in [0, 0.05) is 24.7 Å². The Labute approximate surface area is 101 Å². The molecule has 0 spiro atoms. The van der Waals surface area contributed by atoms with E-state index in [2.05, 4.69) is 37.6 Å². The largest absolute Gasteiger partial charge is 0.324 e. The van der Waals surface area contributed by atoms with Gasteiger partial charge in [0.1, 0.15) is 0 Å². The van der Waals surface area contributed by atoms with E-state index in [1.807, 2.05) is 0 Å². The summed E-state index contributed by atoms with van der Waals surface area (Å²) in [6.45, 7) is 11.3. The fourth-order valence-corrected chi connectivity index (χ4v) is 2.46. The van der Waals surface area contributed by atoms with Crippen molar-refractivity contribution in [3.8, 4) is 0 Å². The highest BCUT2D eigenvalue weighted by Crippen LogP contribution is 2.16. The molecule has 2 atom stereocenters. The molecule has 2 unspecified atom stereocenters. The number of nitrogens with zero attached hydrogens (tertiary/aromatic N) is 2. The van der Waals surface area contributed by atoms with Crippen molar-refractivity contribution in [1.29, 1.82) is 0 Å². The monoisotopic (exact) mass is 227 g/mol. The summed E-state index contributed by atoms with van der Waals surface area (Å²) >= 11 is 0. The predicted molar refractivity (Wildman–Crippen MR) is 70.6 cm³/mol. The Morgan fingerprint density at radius 1 is 1.31 bits per heavy atom. The van der Waals surface area contributed by atoms with Crippen molar-refractivity contribution in [2.75, 3.05) is 33.2 Å². The molecule has 0 aromatic heterocycles. The number of hydrogen-bond donors (Lipinski definition) is 1. The average molecular weight is 227 g/mol. The highest BCUT2D eigenvalue weighted by molar-refractivity contribution is 4.86. The number of likely N-dealkylation sites (N-methyl/N-ethyl adjacent to an activating group) is 1. The lowest BCUT2D eigenvalue weighted by Crippen LogP contribution is -2.51. The van der Waals surface area contributed by atoms with Crippen LogP contribution in [0.3, 0.4) is 0 Å². The molecule has 1 heterocycles. The van der Waals surface area contributed by atoms with Gasteiger partial charge in [-0.25, -0.2) is 0 Å². The van der Waals surface area contributed by atoms with Gasteiger partial charge in [-0.05, 0) is 46.3 Å². The SMILES string of the molecule is CCC1CN(C)CCCN1CC(C)(N)CC. The quantitative estimate of drug-likeness (QED) is 0.790. The van der Waals surface area contributed by atoms with Crippen molar-refractivity contribution in [3.63, 3.8) is 0 Å². The standard InChI is InChI=1S/C13H29N3/c1-5-12-10-15(4)8-7-9-16(12)11-13(3,14)6-2/h12H,5-11,14H2,1-4H3. The molecule has 1 aliphatic heterocycles. The maximum absolute atomic E-state index is 6.29. The maximum Gasteiger partial charge on any atom is 0.0252 e. The molecular weight excluding hydrogens is 198 g/mol. The average Bonchev–Trinajstić information content (AvgIpc) is 2.40. The summed E-state index contributed by atoms with van der Waals surface area (Å²) in [5, 5.41) is 0. The van der Waals surface area contributed by atoms with Crippen LogP contribution >= 0.6 is 0 Å². The normalized spacial score (nSPS) is 28.7. The van der Waals surface area contributed by atoms with E-state index >= 15 is 0 Å². The van der Waals surface area contributed by atoms with Gasteiger partial charge >= 0.3 is 0 Å². The van der Waals surface area contributed by atoms with Crippen LogP contribution in [0.15, 0.2) is 0 Å². The van der Waals surface area contributed by atoms with Gasteiger partial charge in [-0.1, -0.05) is 13.8 Å². The zero-order chi connectivity index (χ0) is 12.2. The molecule has 0 amide bonds. The number of nitrogens with two attached hydrogens (primary N) is 1. The summed E-state index contributed by atoms with van der Waals surface area (Å²) in [5.74, 6) is 0. The zero-order valence-corrected chi connectivity index (χ0v) is 11.5. The summed E-state index contributed by atoms with van der Waals surface area (Å²) in [5.41, 5.74) is 6.26. The van der Waals surface area contributed by atoms with Gasteiger partial charge in [-0.15, -0.1) is 0 Å². The summed E-state index contributed by atoms with van der Waals surface area (Å²) in [6.07, 6.45) is 3.55. The van der Waals surface area contributed by atoms with Crippen LogP contribution in [0.4, 0.5) is 0 Å². The second kappa shape index (κ2) is 5.99. The van der Waals surface area contributed by atoms with E-state index in [0.29, 0.717) is 6.04 Å². The van der Waals surface area contributed by atoms with Gasteiger partial charge in [-0.2, -0.15) is 0 Å². The summed E-state index contributed by atoms with van der Waals surface area (Å²) < 4.78 is 0. The van der Waals surface area contributed by atoms with Gasteiger partial charge in [-0.3, -0.25) is 4.90 Å². The highest BCUT2D eigenvalue weighted by atomic mass is 15.2. The Hall–Kier alpha value is -0.120. The first-order valence-corrected chi connectivity index (χ1v) is 6.70. The molecule has 0 aliphatic carbocycles. The van der Waals surface area contributed by atoms with Gasteiger partial charge in [0.15, 0.2) is 0 Å². The van der Waals surface area contributed by atoms with Gasteiger partial charge in [0.05, 0.1) is 0 Å². The predicted octanol–water partition coefficient (Wildman–Crippen LogP) is 1.53. The topological polar surface area (TPSA) is 32.5 Å². The smallest absolute Gasteiger partial charge is 0.0252 e. The molecule has 3 heteroatoms. The van der Waals surface area contributed by atoms with Crippen molar-refractivity contribution in [2.24, 2.45) is 5.73 Å². The lowest BCUT2D eigenvalue weighted by Gasteiger charge is -2.36. The van der Waals surface area contributed by atoms with E-state index in [4.69, 9.17) is 5.73 Å². The molecule has 1 saturated heterocycles. The van der Waals surface area contributed by atoms with Gasteiger partial charge in [0.2, 0.25) is 0 Å². The van der Waals surface area contributed by atoms with E-state index in [1.165, 1.54) is 32.5 Å². The van der Waals surface area contributed by atoms with Crippen LogP contribution < -0.4 is 5.73 Å². The van der Waals surface area contributed by atoms with Crippen molar-refractivity contribution in [1.82, 2.24) is 9.80 Å². The minimum Gasteiger partial charge on any atom is -0.324 e. The molecule has 0 aromatic carbocycles. The third kappa shape index (κ3) is 4.04. The molecule has 1 aliphatic rings. The van der Waals surface area contributed by atoms with Crippen LogP contribution in [-0.4, -0.2) is 54.6 Å². The first kappa shape index (κ1) is 13.9. The van der Waals surface area contributed by atoms with E-state index in [-0.39, 0.29) is 5.54 Å². The molecule has 0 bridgehead atoms. The van der Waals surface area contributed by atoms with E-state index < -0.39 is 0 Å². The fraction of sp³-hybridized carbons (Fsp3) is 1.00. The van der Waals surface area contributed by atoms with Crippen LogP contribution in [0.1, 0.15) is 40.0 Å². The Morgan fingerprint density at radius 3 is 2.56 bits per heavy atom. The second-order valence-electron chi connectivity index (χ2n) is 5.66.